The average molecular weight is 522 g/mol. The van der Waals surface area contributed by atoms with Gasteiger partial charge in [0.2, 0.25) is 0 Å². The van der Waals surface area contributed by atoms with Crippen LogP contribution in [-0.4, -0.2) is 29.2 Å². The third-order valence-corrected chi connectivity index (χ3v) is 7.00. The van der Waals surface area contributed by atoms with Gasteiger partial charge >= 0.3 is 5.97 Å². The van der Waals surface area contributed by atoms with E-state index >= 15 is 0 Å². The second-order valence-corrected chi connectivity index (χ2v) is 9.56. The first-order valence-electron chi connectivity index (χ1n) is 11.9. The van der Waals surface area contributed by atoms with Crippen LogP contribution in [0.15, 0.2) is 69.6 Å². The van der Waals surface area contributed by atoms with Gasteiger partial charge in [0.25, 0.3) is 11.2 Å². The van der Waals surface area contributed by atoms with E-state index in [9.17, 15) is 19.7 Å². The fourth-order valence-electron chi connectivity index (χ4n) is 4.18. The van der Waals surface area contributed by atoms with Crippen LogP contribution < -0.4 is 19.6 Å². The van der Waals surface area contributed by atoms with E-state index in [0.717, 1.165) is 30.6 Å². The van der Waals surface area contributed by atoms with E-state index in [-0.39, 0.29) is 16.8 Å². The smallest absolute Gasteiger partial charge is 0.338 e. The average Bonchev–Trinajstić information content (AvgIpc) is 3.20. The number of benzene rings is 2. The van der Waals surface area contributed by atoms with E-state index in [0.29, 0.717) is 38.5 Å². The Morgan fingerprint density at radius 2 is 1.97 bits per heavy atom. The number of carbonyl (C=O) groups is 1. The standard InChI is InChI=1S/C27H27N3O6S/c1-4-5-6-14-36-21-12-10-19(11-13-21)24-23(26(32)35-3)17(2)28-27-29(24)25(31)22(37-27)16-18-8-7-9-20(15-18)30(33)34/h7-13,15-16,24H,4-6,14H2,1-3H3/b22-16-. The number of hydrogen-bond acceptors (Lipinski definition) is 8. The predicted molar refractivity (Wildman–Crippen MR) is 140 cm³/mol. The molecule has 0 N–H and O–H groups in total. The number of nitro benzene ring substituents is 1. The van der Waals surface area contributed by atoms with E-state index in [1.165, 1.54) is 23.8 Å². The number of unbranched alkanes of at least 4 members (excludes halogenated alkanes) is 2. The highest BCUT2D eigenvalue weighted by Crippen LogP contribution is 2.31. The van der Waals surface area contributed by atoms with Crippen molar-refractivity contribution in [3.63, 3.8) is 0 Å². The van der Waals surface area contributed by atoms with Crippen LogP contribution in [0.5, 0.6) is 5.75 Å². The molecule has 0 bridgehead atoms. The zero-order valence-corrected chi connectivity index (χ0v) is 21.6. The van der Waals surface area contributed by atoms with Crippen LogP contribution in [0, 0.1) is 10.1 Å². The number of aromatic nitrogens is 1. The first-order valence-corrected chi connectivity index (χ1v) is 12.7. The van der Waals surface area contributed by atoms with Gasteiger partial charge in [0.1, 0.15) is 5.75 Å². The highest BCUT2D eigenvalue weighted by molar-refractivity contribution is 7.07. The van der Waals surface area contributed by atoms with Crippen LogP contribution >= 0.6 is 11.3 Å². The van der Waals surface area contributed by atoms with Crippen LogP contribution in [0.25, 0.3) is 6.08 Å². The summed E-state index contributed by atoms with van der Waals surface area (Å²) in [5.74, 6) is 0.136. The van der Waals surface area contributed by atoms with Gasteiger partial charge in [-0.2, -0.15) is 0 Å². The Bertz CT molecular complexity index is 1540. The molecule has 1 unspecified atom stereocenters. The molecule has 3 aromatic rings. The molecule has 2 heterocycles. The monoisotopic (exact) mass is 521 g/mol. The van der Waals surface area contributed by atoms with Crippen molar-refractivity contribution in [3.8, 4) is 5.75 Å². The number of nitro groups is 1. The van der Waals surface area contributed by atoms with E-state index in [1.807, 2.05) is 24.3 Å². The Morgan fingerprint density at radius 3 is 2.65 bits per heavy atom. The van der Waals surface area contributed by atoms with Crippen LogP contribution in [0.3, 0.4) is 0 Å². The highest BCUT2D eigenvalue weighted by atomic mass is 32.1. The van der Waals surface area contributed by atoms with Crippen molar-refractivity contribution in [1.29, 1.82) is 0 Å². The fraction of sp³-hybridized carbons (Fsp3) is 0.296. The Hall–Kier alpha value is -4.05. The van der Waals surface area contributed by atoms with Crippen LogP contribution in [0.1, 0.15) is 50.3 Å². The molecule has 192 valence electrons. The topological polar surface area (TPSA) is 113 Å². The molecular weight excluding hydrogens is 494 g/mol. The number of nitrogens with zero attached hydrogens (tertiary/aromatic N) is 3. The zero-order chi connectivity index (χ0) is 26.5. The van der Waals surface area contributed by atoms with Crippen molar-refractivity contribution in [2.75, 3.05) is 13.7 Å². The van der Waals surface area contributed by atoms with Gasteiger partial charge in [-0.15, -0.1) is 0 Å². The van der Waals surface area contributed by atoms with Crippen LogP contribution in [0.4, 0.5) is 5.69 Å². The molecule has 9 nitrogen and oxygen atoms in total. The molecular formula is C27H27N3O6S. The van der Waals surface area contributed by atoms with Gasteiger partial charge in [-0.1, -0.05) is 55.4 Å². The molecule has 1 aromatic heterocycles. The number of esters is 1. The second-order valence-electron chi connectivity index (χ2n) is 8.55. The molecule has 0 saturated heterocycles. The van der Waals surface area contributed by atoms with Crippen molar-refractivity contribution in [2.24, 2.45) is 4.99 Å². The number of allylic oxidation sites excluding steroid dienone is 1. The molecule has 2 aromatic carbocycles. The molecule has 0 saturated carbocycles. The lowest BCUT2D eigenvalue weighted by Crippen LogP contribution is -2.39. The second kappa shape index (κ2) is 11.3. The Morgan fingerprint density at radius 1 is 1.22 bits per heavy atom. The van der Waals surface area contributed by atoms with E-state index in [2.05, 4.69) is 11.9 Å². The maximum Gasteiger partial charge on any atom is 0.338 e. The van der Waals surface area contributed by atoms with Gasteiger partial charge in [0, 0.05) is 12.1 Å². The third kappa shape index (κ3) is 5.54. The lowest BCUT2D eigenvalue weighted by molar-refractivity contribution is -0.384. The van der Waals surface area contributed by atoms with Gasteiger partial charge in [0.15, 0.2) is 4.80 Å². The minimum Gasteiger partial charge on any atom is -0.494 e. The summed E-state index contributed by atoms with van der Waals surface area (Å²) in [6.45, 7) is 4.46. The lowest BCUT2D eigenvalue weighted by Gasteiger charge is -2.24. The summed E-state index contributed by atoms with van der Waals surface area (Å²) < 4.78 is 12.7. The minimum absolute atomic E-state index is 0.0692. The number of methoxy groups -OCH3 is 1. The SMILES string of the molecule is CCCCCOc1ccc(C2C(C(=O)OC)=C(C)N=c3s/c(=C\c4cccc([N+](=O)[O-])c4)c(=O)n32)cc1. The molecule has 4 rings (SSSR count). The van der Waals surface area contributed by atoms with Gasteiger partial charge in [-0.05, 0) is 42.7 Å². The van der Waals surface area contributed by atoms with Gasteiger partial charge in [-0.25, -0.2) is 9.79 Å². The first kappa shape index (κ1) is 26.0. The van der Waals surface area contributed by atoms with Gasteiger partial charge in [-0.3, -0.25) is 19.5 Å². The maximum absolute atomic E-state index is 13.6. The van der Waals surface area contributed by atoms with Crippen molar-refractivity contribution in [3.05, 3.63) is 101 Å². The largest absolute Gasteiger partial charge is 0.494 e. The number of carbonyl (C=O) groups excluding carboxylic acids is 1. The quantitative estimate of drug-likeness (QED) is 0.183. The molecule has 10 heteroatoms. The minimum atomic E-state index is -0.745. The number of fused-ring (bicyclic) bond motifs is 1. The maximum atomic E-state index is 13.6. The Balaban J connectivity index is 1.80. The zero-order valence-electron chi connectivity index (χ0n) is 20.8. The molecule has 1 atom stereocenters. The van der Waals surface area contributed by atoms with Gasteiger partial charge < -0.3 is 9.47 Å². The van der Waals surface area contributed by atoms with Gasteiger partial charge in [0.05, 0.1) is 40.5 Å². The number of ether oxygens (including phenoxy) is 2. The summed E-state index contributed by atoms with van der Waals surface area (Å²) in [6, 6.07) is 12.6. The molecule has 0 spiro atoms. The summed E-state index contributed by atoms with van der Waals surface area (Å²) in [5, 5.41) is 11.2. The predicted octanol–water partition coefficient (Wildman–Crippen LogP) is 3.89. The molecule has 0 radical (unpaired) electrons. The first-order chi connectivity index (χ1) is 17.8. The number of non-ortho nitro benzene ring substituents is 1. The number of thiazole rings is 1. The molecule has 0 fully saturated rings. The number of rotatable bonds is 9. The summed E-state index contributed by atoms with van der Waals surface area (Å²) >= 11 is 1.16. The molecule has 1 aliphatic heterocycles. The highest BCUT2D eigenvalue weighted by Gasteiger charge is 2.33. The molecule has 0 aliphatic carbocycles. The van der Waals surface area contributed by atoms with Crippen molar-refractivity contribution < 1.29 is 19.2 Å². The number of hydrogen-bond donors (Lipinski definition) is 0. The third-order valence-electron chi connectivity index (χ3n) is 6.02. The summed E-state index contributed by atoms with van der Waals surface area (Å²) in [5.41, 5.74) is 1.53. The summed E-state index contributed by atoms with van der Waals surface area (Å²) in [6.07, 6.45) is 4.76. The molecule has 37 heavy (non-hydrogen) atoms. The van der Waals surface area contributed by atoms with E-state index in [1.54, 1.807) is 25.1 Å². The Kier molecular flexibility index (Phi) is 7.98. The van der Waals surface area contributed by atoms with Crippen molar-refractivity contribution in [2.45, 2.75) is 39.2 Å². The normalized spacial score (nSPS) is 15.2. The summed E-state index contributed by atoms with van der Waals surface area (Å²) in [4.78, 5) is 42.0. The molecule has 1 aliphatic rings. The summed E-state index contributed by atoms with van der Waals surface area (Å²) in [7, 11) is 1.29. The van der Waals surface area contributed by atoms with E-state index < -0.39 is 16.9 Å². The molecule has 0 amide bonds. The fourth-order valence-corrected chi connectivity index (χ4v) is 5.22. The van der Waals surface area contributed by atoms with E-state index in [4.69, 9.17) is 9.47 Å². The van der Waals surface area contributed by atoms with Crippen LogP contribution in [-0.2, 0) is 9.53 Å². The van der Waals surface area contributed by atoms with Crippen molar-refractivity contribution in [1.82, 2.24) is 4.57 Å². The lowest BCUT2D eigenvalue weighted by atomic mass is 9.96. The van der Waals surface area contributed by atoms with Crippen LogP contribution in [0.2, 0.25) is 0 Å². The Labute approximate surface area is 217 Å². The van der Waals surface area contributed by atoms with Crippen molar-refractivity contribution >= 4 is 29.1 Å².